The van der Waals surface area contributed by atoms with Crippen molar-refractivity contribution in [1.29, 1.82) is 0 Å². The van der Waals surface area contributed by atoms with E-state index in [-0.39, 0.29) is 12.5 Å². The Kier molecular flexibility index (Phi) is 5.36. The smallest absolute Gasteiger partial charge is 0.262 e. The van der Waals surface area contributed by atoms with Gasteiger partial charge in [-0.05, 0) is 67.4 Å². The lowest BCUT2D eigenvalue weighted by atomic mass is 10.1. The van der Waals surface area contributed by atoms with Crippen molar-refractivity contribution in [2.45, 2.75) is 13.8 Å². The number of aryl methyl sites for hydroxylation is 1. The Balaban J connectivity index is 1.46. The van der Waals surface area contributed by atoms with Crippen LogP contribution in [0.2, 0.25) is 0 Å². The first-order valence-corrected chi connectivity index (χ1v) is 9.94. The number of halogens is 1. The summed E-state index contributed by atoms with van der Waals surface area (Å²) in [5, 5.41) is 2.84. The van der Waals surface area contributed by atoms with E-state index in [0.29, 0.717) is 28.4 Å². The van der Waals surface area contributed by atoms with Gasteiger partial charge in [0.25, 0.3) is 5.91 Å². The molecule has 0 saturated heterocycles. The fourth-order valence-electron chi connectivity index (χ4n) is 2.97. The van der Waals surface area contributed by atoms with E-state index in [4.69, 9.17) is 9.15 Å². The topological polar surface area (TPSA) is 64.4 Å². The van der Waals surface area contributed by atoms with Crippen LogP contribution in [0.3, 0.4) is 0 Å². The van der Waals surface area contributed by atoms with Crippen molar-refractivity contribution in [3.8, 4) is 17.2 Å². The van der Waals surface area contributed by atoms with E-state index in [1.807, 2.05) is 56.3 Å². The molecule has 0 aliphatic heterocycles. The summed E-state index contributed by atoms with van der Waals surface area (Å²) in [6.07, 6.45) is 0. The Hall–Kier alpha value is -3.12. The molecule has 0 atom stereocenters. The molecule has 0 saturated carbocycles. The molecular weight excluding hydrogens is 432 g/mol. The number of rotatable bonds is 5. The number of oxazole rings is 1. The first kappa shape index (κ1) is 19.2. The van der Waals surface area contributed by atoms with Crippen LogP contribution in [-0.4, -0.2) is 17.5 Å². The molecule has 4 rings (SSSR count). The molecule has 0 spiro atoms. The molecule has 3 aromatic carbocycles. The molecule has 6 heteroatoms. The van der Waals surface area contributed by atoms with Crippen molar-refractivity contribution in [3.63, 3.8) is 0 Å². The van der Waals surface area contributed by atoms with Gasteiger partial charge in [0.2, 0.25) is 5.89 Å². The summed E-state index contributed by atoms with van der Waals surface area (Å²) in [6.45, 7) is 3.92. The largest absolute Gasteiger partial charge is 0.483 e. The van der Waals surface area contributed by atoms with E-state index >= 15 is 0 Å². The average Bonchev–Trinajstić information content (AvgIpc) is 3.12. The standard InChI is InChI=1S/C23H19BrN2O3/c1-14-5-3-8-20(15(14)2)28-13-22(27)25-18-9-10-21-19(12-18)26-23(29-21)16-6-4-7-17(24)11-16/h3-12H,13H2,1-2H3,(H,25,27). The molecule has 1 heterocycles. The number of benzene rings is 3. The lowest BCUT2D eigenvalue weighted by Gasteiger charge is -2.11. The number of hydrogen-bond acceptors (Lipinski definition) is 4. The highest BCUT2D eigenvalue weighted by Crippen LogP contribution is 2.28. The highest BCUT2D eigenvalue weighted by molar-refractivity contribution is 9.10. The molecule has 1 aromatic heterocycles. The number of aromatic nitrogens is 1. The monoisotopic (exact) mass is 450 g/mol. The summed E-state index contributed by atoms with van der Waals surface area (Å²) in [5.74, 6) is 1.01. The van der Waals surface area contributed by atoms with Gasteiger partial charge in [-0.15, -0.1) is 0 Å². The second-order valence-corrected chi connectivity index (χ2v) is 7.66. The van der Waals surface area contributed by atoms with Crippen LogP contribution in [-0.2, 0) is 4.79 Å². The van der Waals surface area contributed by atoms with Gasteiger partial charge in [0, 0.05) is 15.7 Å². The number of amides is 1. The Morgan fingerprint density at radius 3 is 2.76 bits per heavy atom. The van der Waals surface area contributed by atoms with Crippen LogP contribution in [0.4, 0.5) is 5.69 Å². The highest BCUT2D eigenvalue weighted by Gasteiger charge is 2.11. The van der Waals surface area contributed by atoms with Crippen LogP contribution < -0.4 is 10.1 Å². The molecule has 0 radical (unpaired) electrons. The minimum absolute atomic E-state index is 0.0650. The fourth-order valence-corrected chi connectivity index (χ4v) is 3.37. The maximum atomic E-state index is 12.3. The van der Waals surface area contributed by atoms with Gasteiger partial charge >= 0.3 is 0 Å². The second kappa shape index (κ2) is 8.09. The minimum atomic E-state index is -0.235. The Labute approximate surface area is 176 Å². The molecule has 1 amide bonds. The number of fused-ring (bicyclic) bond motifs is 1. The summed E-state index contributed by atoms with van der Waals surface area (Å²) in [6, 6.07) is 18.9. The number of carbonyl (C=O) groups is 1. The highest BCUT2D eigenvalue weighted by atomic mass is 79.9. The molecule has 29 heavy (non-hydrogen) atoms. The normalized spacial score (nSPS) is 10.9. The van der Waals surface area contributed by atoms with Gasteiger partial charge in [-0.25, -0.2) is 4.98 Å². The maximum absolute atomic E-state index is 12.3. The van der Waals surface area contributed by atoms with Gasteiger partial charge in [0.1, 0.15) is 11.3 Å². The zero-order valence-corrected chi connectivity index (χ0v) is 17.6. The van der Waals surface area contributed by atoms with E-state index in [1.165, 1.54) is 0 Å². The van der Waals surface area contributed by atoms with Gasteiger partial charge in [-0.2, -0.15) is 0 Å². The van der Waals surface area contributed by atoms with Crippen molar-refractivity contribution in [1.82, 2.24) is 4.98 Å². The van der Waals surface area contributed by atoms with Crippen LogP contribution in [0, 0.1) is 13.8 Å². The Morgan fingerprint density at radius 1 is 1.10 bits per heavy atom. The zero-order valence-electron chi connectivity index (χ0n) is 16.0. The van der Waals surface area contributed by atoms with Crippen LogP contribution in [0.15, 0.2) is 69.6 Å². The molecule has 0 fully saturated rings. The minimum Gasteiger partial charge on any atom is -0.483 e. The van der Waals surface area contributed by atoms with Gasteiger partial charge in [-0.1, -0.05) is 34.1 Å². The summed E-state index contributed by atoms with van der Waals surface area (Å²) in [4.78, 5) is 16.8. The summed E-state index contributed by atoms with van der Waals surface area (Å²) in [7, 11) is 0. The first-order valence-electron chi connectivity index (χ1n) is 9.15. The van der Waals surface area contributed by atoms with Gasteiger partial charge in [0.05, 0.1) is 0 Å². The number of nitrogens with zero attached hydrogens (tertiary/aromatic N) is 1. The van der Waals surface area contributed by atoms with Crippen molar-refractivity contribution < 1.29 is 13.9 Å². The van der Waals surface area contributed by atoms with Crippen LogP contribution in [0.5, 0.6) is 5.75 Å². The number of nitrogens with one attached hydrogen (secondary N) is 1. The fraction of sp³-hybridized carbons (Fsp3) is 0.130. The van der Waals surface area contributed by atoms with Crippen molar-refractivity contribution in [3.05, 3.63) is 76.3 Å². The van der Waals surface area contributed by atoms with Crippen molar-refractivity contribution in [2.24, 2.45) is 0 Å². The van der Waals surface area contributed by atoms with E-state index in [2.05, 4.69) is 26.2 Å². The van der Waals surface area contributed by atoms with Crippen LogP contribution in [0.25, 0.3) is 22.6 Å². The molecule has 1 N–H and O–H groups in total. The predicted molar refractivity (Wildman–Crippen MR) is 117 cm³/mol. The summed E-state index contributed by atoms with van der Waals surface area (Å²) in [5.41, 5.74) is 5.01. The summed E-state index contributed by atoms with van der Waals surface area (Å²) < 4.78 is 12.4. The maximum Gasteiger partial charge on any atom is 0.262 e. The molecule has 4 aromatic rings. The van der Waals surface area contributed by atoms with Crippen LogP contribution >= 0.6 is 15.9 Å². The molecule has 0 aliphatic carbocycles. The Morgan fingerprint density at radius 2 is 1.93 bits per heavy atom. The zero-order chi connectivity index (χ0) is 20.4. The number of carbonyl (C=O) groups excluding carboxylic acids is 1. The van der Waals surface area contributed by atoms with Gasteiger partial charge < -0.3 is 14.5 Å². The molecule has 0 unspecified atom stereocenters. The SMILES string of the molecule is Cc1cccc(OCC(=O)Nc2ccc3oc(-c4cccc(Br)c4)nc3c2)c1C. The quantitative estimate of drug-likeness (QED) is 0.411. The number of anilines is 1. The molecule has 0 bridgehead atoms. The average molecular weight is 451 g/mol. The number of hydrogen-bond donors (Lipinski definition) is 1. The molecule has 5 nitrogen and oxygen atoms in total. The van der Waals surface area contributed by atoms with Crippen molar-refractivity contribution >= 4 is 38.6 Å². The lowest BCUT2D eigenvalue weighted by Crippen LogP contribution is -2.20. The van der Waals surface area contributed by atoms with Gasteiger partial charge in [0.15, 0.2) is 12.2 Å². The van der Waals surface area contributed by atoms with E-state index < -0.39 is 0 Å². The lowest BCUT2D eigenvalue weighted by molar-refractivity contribution is -0.118. The molecule has 146 valence electrons. The van der Waals surface area contributed by atoms with Crippen LogP contribution in [0.1, 0.15) is 11.1 Å². The second-order valence-electron chi connectivity index (χ2n) is 6.75. The van der Waals surface area contributed by atoms with Gasteiger partial charge in [-0.3, -0.25) is 4.79 Å². The molecule has 0 aliphatic rings. The third-order valence-corrected chi connectivity index (χ3v) is 5.15. The van der Waals surface area contributed by atoms with Crippen molar-refractivity contribution in [2.75, 3.05) is 11.9 Å². The van der Waals surface area contributed by atoms with E-state index in [1.54, 1.807) is 18.2 Å². The third kappa shape index (κ3) is 4.32. The Bertz CT molecular complexity index is 1200. The number of ether oxygens (including phenoxy) is 1. The van der Waals surface area contributed by atoms with E-state index in [0.717, 1.165) is 21.2 Å². The first-order chi connectivity index (χ1) is 14.0. The predicted octanol–water partition coefficient (Wildman–Crippen LogP) is 5.89. The third-order valence-electron chi connectivity index (χ3n) is 4.66. The molecular formula is C23H19BrN2O3. The van der Waals surface area contributed by atoms with E-state index in [9.17, 15) is 4.79 Å². The summed E-state index contributed by atoms with van der Waals surface area (Å²) >= 11 is 3.45.